The van der Waals surface area contributed by atoms with Crippen LogP contribution in [0, 0.1) is 0 Å². The average molecular weight is 142 g/mol. The molecule has 0 amide bonds. The van der Waals surface area contributed by atoms with Gasteiger partial charge in [-0.3, -0.25) is 0 Å². The first-order chi connectivity index (χ1) is 4.74. The number of rotatable bonds is 2. The van der Waals surface area contributed by atoms with E-state index < -0.39 is 0 Å². The van der Waals surface area contributed by atoms with Crippen molar-refractivity contribution in [1.29, 1.82) is 0 Å². The lowest BCUT2D eigenvalue weighted by Crippen LogP contribution is -2.26. The lowest BCUT2D eigenvalue weighted by Gasteiger charge is -2.12. The first-order valence-electron chi connectivity index (χ1n) is 3.56. The van der Waals surface area contributed by atoms with E-state index in [1.54, 1.807) is 8.05 Å². The quantitative estimate of drug-likeness (QED) is 0.439. The molecule has 0 saturated carbocycles. The first kappa shape index (κ1) is 8.11. The Morgan fingerprint density at radius 3 is 2.80 bits per heavy atom. The molecule has 0 aromatic rings. The van der Waals surface area contributed by atoms with Gasteiger partial charge in [0.15, 0.2) is 0 Å². The van der Waals surface area contributed by atoms with Crippen LogP contribution in [-0.2, 0) is 9.39 Å². The highest BCUT2D eigenvalue weighted by Crippen LogP contribution is 2.17. The van der Waals surface area contributed by atoms with Crippen LogP contribution in [0.1, 0.15) is 6.42 Å². The molecule has 10 heavy (non-hydrogen) atoms. The van der Waals surface area contributed by atoms with Crippen LogP contribution in [-0.4, -0.2) is 45.8 Å². The summed E-state index contributed by atoms with van der Waals surface area (Å²) in [6.07, 6.45) is 0.281. The lowest BCUT2D eigenvalue weighted by atomic mass is 9.96. The monoisotopic (exact) mass is 142 g/mol. The molecule has 1 aliphatic rings. The molecule has 5 heteroatoms. The zero-order valence-corrected chi connectivity index (χ0v) is 6.41. The molecule has 0 spiro atoms. The van der Waals surface area contributed by atoms with E-state index >= 15 is 0 Å². The Balaban J connectivity index is 2.31. The summed E-state index contributed by atoms with van der Waals surface area (Å²) in [6, 6.07) is 0.176. The van der Waals surface area contributed by atoms with Crippen LogP contribution < -0.4 is 0 Å². The largest absolute Gasteiger partial charge is 0.441 e. The van der Waals surface area contributed by atoms with Gasteiger partial charge in [-0.1, -0.05) is 0 Å². The lowest BCUT2D eigenvalue weighted by molar-refractivity contribution is 0.00437. The second-order valence-corrected chi connectivity index (χ2v) is 2.74. The number of hydrogen-bond donors (Lipinski definition) is 1. The Hall–Kier alpha value is 0.00987. The van der Waals surface area contributed by atoms with Gasteiger partial charge in [0.1, 0.15) is 14.0 Å². The minimum atomic E-state index is -0.338. The summed E-state index contributed by atoms with van der Waals surface area (Å²) in [6.45, 7) is 0.492. The van der Waals surface area contributed by atoms with Gasteiger partial charge in [0, 0.05) is 6.00 Å². The SMILES string of the molecule is BOCC1OC(B)CC1O. The summed E-state index contributed by atoms with van der Waals surface area (Å²) in [5, 5.41) is 9.29. The summed E-state index contributed by atoms with van der Waals surface area (Å²) in [5.41, 5.74) is 0. The predicted molar refractivity (Wildman–Crippen MR) is 42.3 cm³/mol. The van der Waals surface area contributed by atoms with Gasteiger partial charge >= 0.3 is 0 Å². The third-order valence-electron chi connectivity index (χ3n) is 1.74. The summed E-state index contributed by atoms with van der Waals surface area (Å²) in [5.74, 6) is 0. The van der Waals surface area contributed by atoms with Crippen LogP contribution in [0.4, 0.5) is 0 Å². The molecule has 0 aromatic carbocycles. The Labute approximate surface area is 62.6 Å². The average Bonchev–Trinajstić information content (AvgIpc) is 2.13. The molecular formula is C5H12B2O3. The zero-order chi connectivity index (χ0) is 7.56. The van der Waals surface area contributed by atoms with Crippen molar-refractivity contribution >= 4 is 15.9 Å². The second kappa shape index (κ2) is 3.42. The van der Waals surface area contributed by atoms with Crippen LogP contribution in [0.15, 0.2) is 0 Å². The molecule has 3 unspecified atom stereocenters. The molecular weight excluding hydrogens is 130 g/mol. The van der Waals surface area contributed by atoms with Crippen molar-refractivity contribution < 1.29 is 14.5 Å². The number of hydrogen-bond acceptors (Lipinski definition) is 3. The molecule has 0 aliphatic carbocycles. The molecule has 1 saturated heterocycles. The Kier molecular flexibility index (Phi) is 2.77. The molecule has 1 aliphatic heterocycles. The van der Waals surface area contributed by atoms with Crippen LogP contribution >= 0.6 is 0 Å². The molecule has 0 radical (unpaired) electrons. The molecule has 1 rings (SSSR count). The van der Waals surface area contributed by atoms with Crippen molar-refractivity contribution in [2.24, 2.45) is 0 Å². The van der Waals surface area contributed by atoms with Gasteiger partial charge in [-0.05, 0) is 6.42 Å². The summed E-state index contributed by atoms with van der Waals surface area (Å²) in [7, 11) is 3.57. The molecule has 56 valence electrons. The molecule has 3 atom stereocenters. The van der Waals surface area contributed by atoms with E-state index in [4.69, 9.17) is 9.39 Å². The Bertz CT molecular complexity index is 111. The van der Waals surface area contributed by atoms with Crippen LogP contribution in [0.25, 0.3) is 0 Å². The minimum Gasteiger partial charge on any atom is -0.441 e. The van der Waals surface area contributed by atoms with E-state index in [1.165, 1.54) is 0 Å². The molecule has 1 N–H and O–H groups in total. The van der Waals surface area contributed by atoms with Crippen molar-refractivity contribution in [1.82, 2.24) is 0 Å². The van der Waals surface area contributed by atoms with Crippen molar-refractivity contribution in [2.45, 2.75) is 24.6 Å². The minimum absolute atomic E-state index is 0.111. The van der Waals surface area contributed by atoms with Gasteiger partial charge in [0.05, 0.1) is 12.7 Å². The predicted octanol–water partition coefficient (Wildman–Crippen LogP) is -2.34. The van der Waals surface area contributed by atoms with Crippen molar-refractivity contribution in [3.63, 3.8) is 0 Å². The standard InChI is InChI=1S/C5H12B2O3/c6-5-1-3(8)4(10-5)2-9-7/h3-5,8H,1-2,6-7H2. The van der Waals surface area contributed by atoms with E-state index in [9.17, 15) is 5.11 Å². The highest BCUT2D eigenvalue weighted by atomic mass is 16.5. The van der Waals surface area contributed by atoms with Gasteiger partial charge in [-0.25, -0.2) is 0 Å². The van der Waals surface area contributed by atoms with Gasteiger partial charge in [-0.15, -0.1) is 0 Å². The van der Waals surface area contributed by atoms with Crippen molar-refractivity contribution in [2.75, 3.05) is 6.61 Å². The van der Waals surface area contributed by atoms with Gasteiger partial charge in [0.2, 0.25) is 0 Å². The van der Waals surface area contributed by atoms with E-state index in [2.05, 4.69) is 0 Å². The van der Waals surface area contributed by atoms with E-state index in [1.807, 2.05) is 7.85 Å². The van der Waals surface area contributed by atoms with Crippen LogP contribution in [0.5, 0.6) is 0 Å². The topological polar surface area (TPSA) is 38.7 Å². The maximum Gasteiger partial charge on any atom is 0.257 e. The fourth-order valence-electron chi connectivity index (χ4n) is 1.25. The Morgan fingerprint density at radius 1 is 1.70 bits per heavy atom. The van der Waals surface area contributed by atoms with Crippen molar-refractivity contribution in [3.8, 4) is 0 Å². The summed E-state index contributed by atoms with van der Waals surface area (Å²) < 4.78 is 10.2. The molecule has 1 fully saturated rings. The fraction of sp³-hybridized carbons (Fsp3) is 1.00. The highest BCUT2D eigenvalue weighted by Gasteiger charge is 2.30. The molecule has 0 aromatic heterocycles. The fourth-order valence-corrected chi connectivity index (χ4v) is 1.25. The number of ether oxygens (including phenoxy) is 1. The number of aliphatic hydroxyl groups is 1. The maximum atomic E-state index is 9.29. The third kappa shape index (κ3) is 1.75. The van der Waals surface area contributed by atoms with Gasteiger partial charge < -0.3 is 14.5 Å². The first-order valence-corrected chi connectivity index (χ1v) is 3.56. The highest BCUT2D eigenvalue weighted by molar-refractivity contribution is 6.11. The smallest absolute Gasteiger partial charge is 0.257 e. The van der Waals surface area contributed by atoms with Crippen LogP contribution in [0.2, 0.25) is 0 Å². The maximum absolute atomic E-state index is 9.29. The third-order valence-corrected chi connectivity index (χ3v) is 1.74. The normalized spacial score (nSPS) is 40.3. The van der Waals surface area contributed by atoms with Crippen LogP contribution in [0.3, 0.4) is 0 Å². The zero-order valence-electron chi connectivity index (χ0n) is 6.41. The van der Waals surface area contributed by atoms with E-state index in [0.717, 1.165) is 6.42 Å². The second-order valence-electron chi connectivity index (χ2n) is 2.74. The number of aliphatic hydroxyl groups excluding tert-OH is 1. The molecule has 0 bridgehead atoms. The summed E-state index contributed by atoms with van der Waals surface area (Å²) >= 11 is 0. The Morgan fingerprint density at radius 2 is 2.40 bits per heavy atom. The van der Waals surface area contributed by atoms with Crippen molar-refractivity contribution in [3.05, 3.63) is 0 Å². The van der Waals surface area contributed by atoms with Gasteiger partial charge in [-0.2, -0.15) is 0 Å². The molecule has 3 nitrogen and oxygen atoms in total. The van der Waals surface area contributed by atoms with E-state index in [0.29, 0.717) is 6.61 Å². The van der Waals surface area contributed by atoms with E-state index in [-0.39, 0.29) is 18.2 Å². The molecule has 1 heterocycles. The van der Waals surface area contributed by atoms with Gasteiger partial charge in [0.25, 0.3) is 8.05 Å². The summed E-state index contributed by atoms with van der Waals surface area (Å²) in [4.78, 5) is 0.